The Balaban J connectivity index is 1.36. The first-order valence-electron chi connectivity index (χ1n) is 14.6. The number of ether oxygens (including phenoxy) is 2. The number of hydrogen-bond acceptors (Lipinski definition) is 7. The van der Waals surface area contributed by atoms with E-state index in [1.807, 2.05) is 24.3 Å². The first kappa shape index (κ1) is 30.4. The maximum absolute atomic E-state index is 9.26. The van der Waals surface area contributed by atoms with Crippen LogP contribution in [-0.4, -0.2) is 41.3 Å². The number of nitrogens with zero attached hydrogens (tertiary/aromatic N) is 3. The monoisotopic (exact) mass is 587 g/mol. The first-order chi connectivity index (χ1) is 20.1. The fourth-order valence-electron chi connectivity index (χ4n) is 5.33. The van der Waals surface area contributed by atoms with Crippen molar-refractivity contribution in [3.63, 3.8) is 0 Å². The summed E-state index contributed by atoms with van der Waals surface area (Å²) < 4.78 is 25.2. The van der Waals surface area contributed by atoms with Gasteiger partial charge in [-0.15, -0.1) is 0 Å². The summed E-state index contributed by atoms with van der Waals surface area (Å²) in [5, 5.41) is 9.80. The molecule has 0 spiro atoms. The lowest BCUT2D eigenvalue weighted by Crippen LogP contribution is -2.41. The van der Waals surface area contributed by atoms with Crippen molar-refractivity contribution in [2.45, 2.75) is 84.8 Å². The van der Waals surface area contributed by atoms with E-state index in [1.54, 1.807) is 18.5 Å². The van der Waals surface area contributed by atoms with Crippen LogP contribution in [0.15, 0.2) is 48.8 Å². The van der Waals surface area contributed by atoms with Gasteiger partial charge in [-0.25, -0.2) is 0 Å². The van der Waals surface area contributed by atoms with Crippen LogP contribution < -0.4 is 14.9 Å². The lowest BCUT2D eigenvalue weighted by Gasteiger charge is -2.32. The second-order valence-electron chi connectivity index (χ2n) is 12.2. The molecule has 3 aromatic rings. The minimum Gasteiger partial charge on any atom is -0.488 e. The molecule has 2 aliphatic rings. The number of aromatic nitrogens is 1. The summed E-state index contributed by atoms with van der Waals surface area (Å²) in [5.41, 5.74) is 4.60. The Hall–Kier alpha value is -3.09. The van der Waals surface area contributed by atoms with E-state index in [2.05, 4.69) is 56.6 Å². The van der Waals surface area contributed by atoms with Gasteiger partial charge in [0.25, 0.3) is 0 Å². The zero-order chi connectivity index (χ0) is 29.9. The molecule has 2 aliphatic heterocycles. The zero-order valence-corrected chi connectivity index (χ0v) is 26.0. The third-order valence-corrected chi connectivity index (χ3v) is 8.95. The highest BCUT2D eigenvalue weighted by Crippen LogP contribution is 2.37. The first-order valence-corrected chi connectivity index (χ1v) is 15.0. The summed E-state index contributed by atoms with van der Waals surface area (Å²) in [7, 11) is -0.443. The van der Waals surface area contributed by atoms with Crippen molar-refractivity contribution in [2.75, 3.05) is 13.1 Å². The molecule has 0 bridgehead atoms. The molecule has 2 saturated heterocycles. The standard InChI is InChI=1S/C33H39BClN3O4/c1-23-26(10-9-11-28(23)34-41-32(2,3)33(4,5)42-34)22-40-31-16-30(39-21-25-14-24(17-36)18-37-19-25)27(15-29(31)35)20-38-12-7-6-8-13-38/h9-11,14-16,18-19H,6-8,12-13,20-22H2,1-5H3. The van der Waals surface area contributed by atoms with Gasteiger partial charge in [0.15, 0.2) is 0 Å². The predicted molar refractivity (Wildman–Crippen MR) is 165 cm³/mol. The highest BCUT2D eigenvalue weighted by molar-refractivity contribution is 6.62. The van der Waals surface area contributed by atoms with E-state index in [1.165, 1.54) is 19.3 Å². The molecule has 5 rings (SSSR count). The van der Waals surface area contributed by atoms with Gasteiger partial charge in [-0.05, 0) is 89.3 Å². The lowest BCUT2D eigenvalue weighted by atomic mass is 9.75. The smallest absolute Gasteiger partial charge is 0.488 e. The minimum atomic E-state index is -0.443. The summed E-state index contributed by atoms with van der Waals surface area (Å²) in [6.45, 7) is 13.8. The van der Waals surface area contributed by atoms with Crippen LogP contribution in [0.4, 0.5) is 0 Å². The molecule has 0 amide bonds. The number of hydrogen-bond donors (Lipinski definition) is 0. The molecule has 9 heteroatoms. The van der Waals surface area contributed by atoms with Gasteiger partial charge in [0.2, 0.25) is 0 Å². The van der Waals surface area contributed by atoms with Crippen molar-refractivity contribution in [1.29, 1.82) is 5.26 Å². The Labute approximate surface area is 254 Å². The molecule has 220 valence electrons. The molecule has 0 saturated carbocycles. The minimum absolute atomic E-state index is 0.284. The molecular weight excluding hydrogens is 549 g/mol. The van der Waals surface area contributed by atoms with Gasteiger partial charge in [-0.2, -0.15) is 5.26 Å². The van der Waals surface area contributed by atoms with Crippen molar-refractivity contribution in [3.8, 4) is 17.6 Å². The van der Waals surface area contributed by atoms with Gasteiger partial charge in [0.05, 0.1) is 21.8 Å². The molecular formula is C33H39BClN3O4. The fraction of sp³-hybridized carbons (Fsp3) is 0.455. The molecule has 7 nitrogen and oxygen atoms in total. The van der Waals surface area contributed by atoms with E-state index < -0.39 is 18.3 Å². The molecule has 1 aromatic heterocycles. The number of likely N-dealkylation sites (tertiary alicyclic amines) is 1. The summed E-state index contributed by atoms with van der Waals surface area (Å²) in [5.74, 6) is 1.27. The van der Waals surface area contributed by atoms with Crippen LogP contribution in [0.5, 0.6) is 11.5 Å². The van der Waals surface area contributed by atoms with E-state index >= 15 is 0 Å². The number of rotatable bonds is 9. The van der Waals surface area contributed by atoms with E-state index in [0.717, 1.165) is 47.4 Å². The van der Waals surface area contributed by atoms with Gasteiger partial charge in [0, 0.05) is 36.1 Å². The molecule has 0 atom stereocenters. The van der Waals surface area contributed by atoms with E-state index in [4.69, 9.17) is 30.4 Å². The van der Waals surface area contributed by atoms with Crippen LogP contribution in [0.2, 0.25) is 5.02 Å². The van der Waals surface area contributed by atoms with Gasteiger partial charge in [-0.3, -0.25) is 9.88 Å². The van der Waals surface area contributed by atoms with Crippen LogP contribution >= 0.6 is 11.6 Å². The highest BCUT2D eigenvalue weighted by Gasteiger charge is 2.52. The largest absolute Gasteiger partial charge is 0.495 e. The van der Waals surface area contributed by atoms with Crippen molar-refractivity contribution in [1.82, 2.24) is 9.88 Å². The lowest BCUT2D eigenvalue weighted by molar-refractivity contribution is 0.00578. The molecule has 3 heterocycles. The third kappa shape index (κ3) is 6.76. The van der Waals surface area contributed by atoms with Crippen molar-refractivity contribution in [3.05, 3.63) is 81.6 Å². The SMILES string of the molecule is Cc1c(COc2cc(OCc3cncc(C#N)c3)c(CN3CCCCC3)cc2Cl)cccc1B1OC(C)(C)C(C)(C)O1. The molecule has 2 aromatic carbocycles. The van der Waals surface area contributed by atoms with Crippen LogP contribution in [0, 0.1) is 18.3 Å². The normalized spacial score (nSPS) is 18.1. The average molecular weight is 588 g/mol. The maximum atomic E-state index is 9.26. The molecule has 0 unspecified atom stereocenters. The van der Waals surface area contributed by atoms with Gasteiger partial charge < -0.3 is 18.8 Å². The van der Waals surface area contributed by atoms with Crippen molar-refractivity contribution < 1.29 is 18.8 Å². The van der Waals surface area contributed by atoms with Crippen LogP contribution in [0.25, 0.3) is 0 Å². The third-order valence-electron chi connectivity index (χ3n) is 8.65. The summed E-state index contributed by atoms with van der Waals surface area (Å²) >= 11 is 6.79. The average Bonchev–Trinajstić information content (AvgIpc) is 3.19. The van der Waals surface area contributed by atoms with Gasteiger partial charge in [0.1, 0.15) is 30.8 Å². The predicted octanol–water partition coefficient (Wildman–Crippen LogP) is 6.36. The molecule has 0 N–H and O–H groups in total. The fourth-order valence-corrected chi connectivity index (χ4v) is 5.57. The van der Waals surface area contributed by atoms with E-state index in [-0.39, 0.29) is 6.61 Å². The molecule has 42 heavy (non-hydrogen) atoms. The zero-order valence-electron chi connectivity index (χ0n) is 25.2. The molecule has 0 aliphatic carbocycles. The Morgan fingerprint density at radius 3 is 2.38 bits per heavy atom. The Morgan fingerprint density at radius 1 is 0.952 bits per heavy atom. The highest BCUT2D eigenvalue weighted by atomic mass is 35.5. The van der Waals surface area contributed by atoms with Gasteiger partial charge in [-0.1, -0.05) is 36.2 Å². The summed E-state index contributed by atoms with van der Waals surface area (Å²) in [6.07, 6.45) is 6.92. The van der Waals surface area contributed by atoms with Crippen LogP contribution in [0.3, 0.4) is 0 Å². The maximum Gasteiger partial charge on any atom is 0.495 e. The number of piperidine rings is 1. The second kappa shape index (κ2) is 12.6. The topological polar surface area (TPSA) is 76.8 Å². The number of benzene rings is 2. The number of halogens is 1. The Bertz CT molecular complexity index is 1450. The van der Waals surface area contributed by atoms with E-state index in [9.17, 15) is 5.26 Å². The molecule has 0 radical (unpaired) electrons. The van der Waals surface area contributed by atoms with Gasteiger partial charge >= 0.3 is 7.12 Å². The van der Waals surface area contributed by atoms with Crippen molar-refractivity contribution in [2.24, 2.45) is 0 Å². The summed E-state index contributed by atoms with van der Waals surface area (Å²) in [6, 6.07) is 13.9. The number of pyridine rings is 1. The van der Waals surface area contributed by atoms with Crippen molar-refractivity contribution >= 4 is 24.2 Å². The quantitative estimate of drug-likeness (QED) is 0.270. The molecule has 2 fully saturated rings. The van der Waals surface area contributed by atoms with Crippen LogP contribution in [-0.2, 0) is 29.1 Å². The summed E-state index contributed by atoms with van der Waals surface area (Å²) in [4.78, 5) is 6.60. The number of nitriles is 1. The Morgan fingerprint density at radius 2 is 1.67 bits per heavy atom. The Kier molecular flexibility index (Phi) is 9.15. The van der Waals surface area contributed by atoms with E-state index in [0.29, 0.717) is 28.7 Å². The van der Waals surface area contributed by atoms with Crippen LogP contribution in [0.1, 0.15) is 74.8 Å². The second-order valence-corrected chi connectivity index (χ2v) is 12.6.